The standard InChI is InChI=1S/C20H17ClINO4/c1-11(2)26-18-15(22)7-12(9-17(18)25-3)8-16-20(24)27-19(23-16)13-5-4-6-14(21)10-13/h4-11H,1-3H3. The van der Waals surface area contributed by atoms with E-state index >= 15 is 0 Å². The first-order valence-corrected chi connectivity index (χ1v) is 9.65. The zero-order valence-corrected chi connectivity index (χ0v) is 17.9. The van der Waals surface area contributed by atoms with Crippen molar-refractivity contribution in [3.05, 3.63) is 61.8 Å². The van der Waals surface area contributed by atoms with E-state index in [2.05, 4.69) is 27.6 Å². The zero-order chi connectivity index (χ0) is 19.6. The number of nitrogens with zero attached hydrogens (tertiary/aromatic N) is 1. The van der Waals surface area contributed by atoms with Crippen LogP contribution in [-0.4, -0.2) is 25.1 Å². The van der Waals surface area contributed by atoms with Crippen LogP contribution < -0.4 is 9.47 Å². The molecule has 7 heteroatoms. The molecule has 0 amide bonds. The molecule has 0 aromatic heterocycles. The number of halogens is 2. The molecule has 140 valence electrons. The summed E-state index contributed by atoms with van der Waals surface area (Å²) < 4.78 is 17.4. The lowest BCUT2D eigenvalue weighted by atomic mass is 10.1. The van der Waals surface area contributed by atoms with Crippen molar-refractivity contribution in [3.8, 4) is 11.5 Å². The molecule has 0 radical (unpaired) electrons. The number of carbonyl (C=O) groups excluding carboxylic acids is 1. The van der Waals surface area contributed by atoms with E-state index in [-0.39, 0.29) is 17.7 Å². The van der Waals surface area contributed by atoms with Gasteiger partial charge < -0.3 is 14.2 Å². The molecule has 0 aliphatic carbocycles. The highest BCUT2D eigenvalue weighted by Crippen LogP contribution is 2.35. The molecule has 1 aliphatic rings. The second kappa shape index (κ2) is 8.31. The van der Waals surface area contributed by atoms with E-state index in [1.54, 1.807) is 43.5 Å². The van der Waals surface area contributed by atoms with Crippen LogP contribution >= 0.6 is 34.2 Å². The van der Waals surface area contributed by atoms with Crippen LogP contribution in [0.3, 0.4) is 0 Å². The van der Waals surface area contributed by atoms with Crippen LogP contribution in [0.1, 0.15) is 25.0 Å². The van der Waals surface area contributed by atoms with Gasteiger partial charge in [0.1, 0.15) is 0 Å². The highest BCUT2D eigenvalue weighted by atomic mass is 127. The molecular formula is C20H17ClINO4. The van der Waals surface area contributed by atoms with Crippen molar-refractivity contribution in [2.75, 3.05) is 7.11 Å². The largest absolute Gasteiger partial charge is 0.493 e. The smallest absolute Gasteiger partial charge is 0.363 e. The van der Waals surface area contributed by atoms with E-state index in [1.807, 2.05) is 19.9 Å². The topological polar surface area (TPSA) is 57.1 Å². The van der Waals surface area contributed by atoms with E-state index in [0.29, 0.717) is 22.1 Å². The lowest BCUT2D eigenvalue weighted by Crippen LogP contribution is -2.08. The van der Waals surface area contributed by atoms with Crippen LogP contribution in [0.4, 0.5) is 0 Å². The van der Waals surface area contributed by atoms with Crippen molar-refractivity contribution < 1.29 is 19.0 Å². The molecular weight excluding hydrogens is 481 g/mol. The van der Waals surface area contributed by atoms with E-state index in [9.17, 15) is 4.79 Å². The summed E-state index contributed by atoms with van der Waals surface area (Å²) in [6, 6.07) is 10.7. The third-order valence-electron chi connectivity index (χ3n) is 3.60. The van der Waals surface area contributed by atoms with Gasteiger partial charge in [-0.15, -0.1) is 0 Å². The maximum absolute atomic E-state index is 12.2. The number of hydrogen-bond donors (Lipinski definition) is 0. The van der Waals surface area contributed by atoms with Gasteiger partial charge in [0.05, 0.1) is 16.8 Å². The molecule has 0 fully saturated rings. The molecule has 5 nitrogen and oxygen atoms in total. The predicted molar refractivity (Wildman–Crippen MR) is 114 cm³/mol. The number of esters is 1. The molecule has 1 heterocycles. The molecule has 1 aliphatic heterocycles. The summed E-state index contributed by atoms with van der Waals surface area (Å²) in [5.41, 5.74) is 1.61. The lowest BCUT2D eigenvalue weighted by Gasteiger charge is -2.15. The summed E-state index contributed by atoms with van der Waals surface area (Å²) in [6.45, 7) is 3.90. The Balaban J connectivity index is 1.96. The maximum atomic E-state index is 12.2. The predicted octanol–water partition coefficient (Wildman–Crippen LogP) is 5.08. The molecule has 0 bridgehead atoms. The Morgan fingerprint density at radius 2 is 2.04 bits per heavy atom. The Morgan fingerprint density at radius 3 is 2.70 bits per heavy atom. The maximum Gasteiger partial charge on any atom is 0.363 e. The Bertz CT molecular complexity index is 953. The minimum atomic E-state index is -0.513. The van der Waals surface area contributed by atoms with Gasteiger partial charge in [0.2, 0.25) is 5.90 Å². The molecule has 2 aromatic carbocycles. The highest BCUT2D eigenvalue weighted by molar-refractivity contribution is 14.1. The summed E-state index contributed by atoms with van der Waals surface area (Å²) in [7, 11) is 1.58. The molecule has 0 N–H and O–H groups in total. The summed E-state index contributed by atoms with van der Waals surface area (Å²) >= 11 is 8.17. The average Bonchev–Trinajstić information content (AvgIpc) is 2.97. The quantitative estimate of drug-likeness (QED) is 0.328. The minimum Gasteiger partial charge on any atom is -0.493 e. The molecule has 0 unspecified atom stereocenters. The van der Waals surface area contributed by atoms with Crippen LogP contribution in [0.15, 0.2) is 47.1 Å². The third kappa shape index (κ3) is 4.62. The number of rotatable bonds is 5. The van der Waals surface area contributed by atoms with Gasteiger partial charge in [-0.05, 0) is 78.4 Å². The van der Waals surface area contributed by atoms with Gasteiger partial charge in [-0.1, -0.05) is 17.7 Å². The zero-order valence-electron chi connectivity index (χ0n) is 15.0. The van der Waals surface area contributed by atoms with Gasteiger partial charge in [-0.3, -0.25) is 0 Å². The first-order valence-electron chi connectivity index (χ1n) is 8.20. The molecule has 3 rings (SSSR count). The Labute approximate surface area is 176 Å². The van der Waals surface area contributed by atoms with Crippen molar-refractivity contribution in [1.82, 2.24) is 0 Å². The number of cyclic esters (lactones) is 1. The van der Waals surface area contributed by atoms with Gasteiger partial charge in [0, 0.05) is 10.6 Å². The first-order chi connectivity index (χ1) is 12.9. The van der Waals surface area contributed by atoms with E-state index in [0.717, 1.165) is 9.13 Å². The Kier molecular flexibility index (Phi) is 6.06. The first kappa shape index (κ1) is 19.7. The summed E-state index contributed by atoms with van der Waals surface area (Å²) in [5.74, 6) is 0.983. The van der Waals surface area contributed by atoms with E-state index in [1.165, 1.54) is 0 Å². The van der Waals surface area contributed by atoms with Crippen molar-refractivity contribution >= 4 is 52.1 Å². The molecule has 0 saturated carbocycles. The fourth-order valence-corrected chi connectivity index (χ4v) is 3.43. The number of ether oxygens (including phenoxy) is 3. The summed E-state index contributed by atoms with van der Waals surface area (Å²) in [4.78, 5) is 16.5. The van der Waals surface area contributed by atoms with Gasteiger partial charge in [-0.2, -0.15) is 0 Å². The van der Waals surface area contributed by atoms with Gasteiger partial charge in [0.15, 0.2) is 17.2 Å². The van der Waals surface area contributed by atoms with Crippen LogP contribution in [0, 0.1) is 3.57 Å². The molecule has 0 spiro atoms. The van der Waals surface area contributed by atoms with Gasteiger partial charge in [0.25, 0.3) is 0 Å². The number of carbonyl (C=O) groups is 1. The van der Waals surface area contributed by atoms with E-state index in [4.69, 9.17) is 25.8 Å². The van der Waals surface area contributed by atoms with E-state index < -0.39 is 5.97 Å². The fraction of sp³-hybridized carbons (Fsp3) is 0.200. The van der Waals surface area contributed by atoms with Crippen LogP contribution in [0.2, 0.25) is 5.02 Å². The molecule has 0 atom stereocenters. The highest BCUT2D eigenvalue weighted by Gasteiger charge is 2.24. The Hall–Kier alpha value is -2.06. The monoisotopic (exact) mass is 497 g/mol. The molecule has 0 saturated heterocycles. The van der Waals surface area contributed by atoms with Crippen LogP contribution in [0.5, 0.6) is 11.5 Å². The number of benzene rings is 2. The molecule has 27 heavy (non-hydrogen) atoms. The summed E-state index contributed by atoms with van der Waals surface area (Å²) in [6.07, 6.45) is 1.68. The number of hydrogen-bond acceptors (Lipinski definition) is 5. The van der Waals surface area contributed by atoms with Crippen molar-refractivity contribution in [3.63, 3.8) is 0 Å². The fourth-order valence-electron chi connectivity index (χ4n) is 2.49. The van der Waals surface area contributed by atoms with Crippen molar-refractivity contribution in [2.45, 2.75) is 20.0 Å². The normalized spacial score (nSPS) is 15.1. The number of methoxy groups -OCH3 is 1. The van der Waals surface area contributed by atoms with Crippen LogP contribution in [-0.2, 0) is 9.53 Å². The molecule has 2 aromatic rings. The second-order valence-corrected chi connectivity index (χ2v) is 7.65. The SMILES string of the molecule is COc1cc(C=C2N=C(c3cccc(Cl)c3)OC2=O)cc(I)c1OC(C)C. The lowest BCUT2D eigenvalue weighted by molar-refractivity contribution is -0.129. The van der Waals surface area contributed by atoms with Crippen molar-refractivity contribution in [2.24, 2.45) is 4.99 Å². The summed E-state index contributed by atoms with van der Waals surface area (Å²) in [5, 5.41) is 0.545. The van der Waals surface area contributed by atoms with Crippen molar-refractivity contribution in [1.29, 1.82) is 0 Å². The van der Waals surface area contributed by atoms with Gasteiger partial charge >= 0.3 is 5.97 Å². The average molecular weight is 498 g/mol. The third-order valence-corrected chi connectivity index (χ3v) is 4.64. The number of aliphatic imine (C=N–C) groups is 1. The minimum absolute atomic E-state index is 0.0197. The Morgan fingerprint density at radius 1 is 1.26 bits per heavy atom. The second-order valence-electron chi connectivity index (χ2n) is 6.05. The van der Waals surface area contributed by atoms with Crippen LogP contribution in [0.25, 0.3) is 6.08 Å². The van der Waals surface area contributed by atoms with Gasteiger partial charge in [-0.25, -0.2) is 9.79 Å².